The Kier molecular flexibility index (Phi) is 5.23. The maximum absolute atomic E-state index is 12.3. The Balaban J connectivity index is 1.55. The molecule has 142 valence electrons. The van der Waals surface area contributed by atoms with Crippen molar-refractivity contribution in [2.24, 2.45) is 7.05 Å². The van der Waals surface area contributed by atoms with E-state index in [2.05, 4.69) is 20.3 Å². The number of aromatic nitrogens is 6. The summed E-state index contributed by atoms with van der Waals surface area (Å²) in [6, 6.07) is 0. The van der Waals surface area contributed by atoms with Crippen LogP contribution in [0.3, 0.4) is 0 Å². The van der Waals surface area contributed by atoms with Crippen molar-refractivity contribution in [3.63, 3.8) is 0 Å². The van der Waals surface area contributed by atoms with Crippen LogP contribution < -0.4 is 0 Å². The summed E-state index contributed by atoms with van der Waals surface area (Å²) in [6.07, 6.45) is -1.49. The molecule has 11 heteroatoms. The first-order valence-electron chi connectivity index (χ1n) is 8.38. The average molecular weight is 371 g/mol. The van der Waals surface area contributed by atoms with Crippen molar-refractivity contribution in [1.82, 2.24) is 34.4 Å². The normalized spacial score (nSPS) is 16.2. The van der Waals surface area contributed by atoms with E-state index in [0.717, 1.165) is 11.6 Å². The number of amides is 1. The third-order valence-electron chi connectivity index (χ3n) is 4.60. The van der Waals surface area contributed by atoms with E-state index in [0.29, 0.717) is 32.5 Å². The highest BCUT2D eigenvalue weighted by Gasteiger charge is 2.31. The molecular weight excluding hydrogens is 351 g/mol. The predicted molar refractivity (Wildman–Crippen MR) is 84.0 cm³/mol. The molecule has 0 aliphatic carbocycles. The fourth-order valence-electron chi connectivity index (χ4n) is 3.12. The lowest BCUT2D eigenvalue weighted by Crippen LogP contribution is -2.38. The molecule has 0 unspecified atom stereocenters. The van der Waals surface area contributed by atoms with Gasteiger partial charge in [0, 0.05) is 32.5 Å². The minimum atomic E-state index is -4.30. The highest BCUT2D eigenvalue weighted by atomic mass is 19.4. The molecule has 1 aliphatic heterocycles. The molecule has 2 aromatic heterocycles. The summed E-state index contributed by atoms with van der Waals surface area (Å²) in [5, 5.41) is 12.5. The van der Waals surface area contributed by atoms with E-state index < -0.39 is 24.9 Å². The van der Waals surface area contributed by atoms with Crippen LogP contribution >= 0.6 is 0 Å². The fraction of sp³-hybridized carbons (Fsp3) is 0.667. The Labute approximate surface area is 148 Å². The molecule has 3 rings (SSSR count). The largest absolute Gasteiger partial charge is 0.389 e. The van der Waals surface area contributed by atoms with Gasteiger partial charge in [0.1, 0.15) is 25.0 Å². The zero-order valence-electron chi connectivity index (χ0n) is 14.4. The number of alkyl halides is 3. The molecule has 0 saturated carbocycles. The molecule has 0 atom stereocenters. The molecule has 3 heterocycles. The Morgan fingerprint density at radius 2 is 2.00 bits per heavy atom. The first kappa shape index (κ1) is 18.3. The van der Waals surface area contributed by atoms with Crippen LogP contribution in [-0.2, 0) is 18.4 Å². The number of hydrogen-bond donors (Lipinski definition) is 0. The maximum atomic E-state index is 12.3. The van der Waals surface area contributed by atoms with Crippen LogP contribution in [0, 0.1) is 0 Å². The van der Waals surface area contributed by atoms with Crippen LogP contribution in [0.5, 0.6) is 0 Å². The van der Waals surface area contributed by atoms with Gasteiger partial charge in [-0.3, -0.25) is 4.79 Å². The molecule has 0 N–H and O–H groups in total. The molecule has 2 aromatic rings. The van der Waals surface area contributed by atoms with E-state index in [1.54, 1.807) is 11.0 Å². The van der Waals surface area contributed by atoms with E-state index in [9.17, 15) is 18.0 Å². The van der Waals surface area contributed by atoms with Crippen LogP contribution in [0.1, 0.15) is 43.3 Å². The van der Waals surface area contributed by atoms with Gasteiger partial charge < -0.3 is 9.47 Å². The summed E-state index contributed by atoms with van der Waals surface area (Å²) in [4.78, 5) is 17.3. The molecule has 1 amide bonds. The predicted octanol–water partition coefficient (Wildman–Crippen LogP) is 1.50. The molecule has 0 spiro atoms. The fourth-order valence-corrected chi connectivity index (χ4v) is 3.12. The number of carbonyl (C=O) groups is 1. The number of hydrogen-bond acceptors (Lipinski definition) is 5. The quantitative estimate of drug-likeness (QED) is 0.796. The molecule has 1 fully saturated rings. The van der Waals surface area contributed by atoms with Crippen LogP contribution in [0.15, 0.2) is 12.7 Å². The molecule has 0 radical (unpaired) electrons. The lowest BCUT2D eigenvalue weighted by atomic mass is 9.95. The lowest BCUT2D eigenvalue weighted by Gasteiger charge is -2.31. The van der Waals surface area contributed by atoms with E-state index in [-0.39, 0.29) is 5.92 Å². The van der Waals surface area contributed by atoms with Crippen molar-refractivity contribution in [3.05, 3.63) is 24.3 Å². The summed E-state index contributed by atoms with van der Waals surface area (Å²) in [5.74, 6) is 1.26. The summed E-state index contributed by atoms with van der Waals surface area (Å²) < 4.78 is 40.3. The van der Waals surface area contributed by atoms with Crippen molar-refractivity contribution in [3.8, 4) is 0 Å². The molecule has 0 aromatic carbocycles. The Hall–Kier alpha value is -2.46. The third kappa shape index (κ3) is 4.38. The van der Waals surface area contributed by atoms with Gasteiger partial charge in [-0.05, 0) is 12.8 Å². The number of piperidine rings is 1. The number of halogens is 3. The van der Waals surface area contributed by atoms with E-state index >= 15 is 0 Å². The molecule has 8 nitrogen and oxygen atoms in total. The smallest absolute Gasteiger partial charge is 0.343 e. The van der Waals surface area contributed by atoms with E-state index in [4.69, 9.17) is 0 Å². The standard InChI is InChI=1S/C15H20F3N7O/c1-23-12(8-25-10-19-9-20-25)21-22-14(23)11-3-6-24(7-4-11)13(26)2-5-15(16,17)18/h9-11H,2-8H2,1H3. The van der Waals surface area contributed by atoms with Gasteiger partial charge in [0.2, 0.25) is 5.91 Å². The molecule has 1 aliphatic rings. The third-order valence-corrected chi connectivity index (χ3v) is 4.60. The maximum Gasteiger partial charge on any atom is 0.389 e. The van der Waals surface area contributed by atoms with Gasteiger partial charge >= 0.3 is 6.18 Å². The molecule has 26 heavy (non-hydrogen) atoms. The van der Waals surface area contributed by atoms with Crippen molar-refractivity contribution >= 4 is 5.91 Å². The molecule has 0 bridgehead atoms. The zero-order chi connectivity index (χ0) is 18.7. The minimum absolute atomic E-state index is 0.128. The van der Waals surface area contributed by atoms with Crippen molar-refractivity contribution in [2.45, 2.75) is 44.3 Å². The van der Waals surface area contributed by atoms with E-state index in [1.165, 1.54) is 11.2 Å². The van der Waals surface area contributed by atoms with Crippen molar-refractivity contribution in [2.75, 3.05) is 13.1 Å². The summed E-state index contributed by atoms with van der Waals surface area (Å²) in [7, 11) is 1.88. The van der Waals surface area contributed by atoms with Crippen LogP contribution in [0.25, 0.3) is 0 Å². The number of carbonyl (C=O) groups excluding carboxylic acids is 1. The van der Waals surface area contributed by atoms with Gasteiger partial charge in [-0.1, -0.05) is 0 Å². The highest BCUT2D eigenvalue weighted by Crippen LogP contribution is 2.28. The van der Waals surface area contributed by atoms with Crippen LogP contribution in [-0.4, -0.2) is 59.6 Å². The minimum Gasteiger partial charge on any atom is -0.343 e. The topological polar surface area (TPSA) is 81.7 Å². The number of likely N-dealkylation sites (tertiary alicyclic amines) is 1. The summed E-state index contributed by atoms with van der Waals surface area (Å²) >= 11 is 0. The SMILES string of the molecule is Cn1c(Cn2cncn2)nnc1C1CCN(C(=O)CCC(F)(F)F)CC1. The summed E-state index contributed by atoms with van der Waals surface area (Å²) in [6.45, 7) is 1.33. The van der Waals surface area contributed by atoms with Gasteiger partial charge in [-0.25, -0.2) is 9.67 Å². The number of nitrogens with zero attached hydrogens (tertiary/aromatic N) is 7. The molecule has 1 saturated heterocycles. The van der Waals surface area contributed by atoms with Gasteiger partial charge in [0.15, 0.2) is 5.82 Å². The van der Waals surface area contributed by atoms with Gasteiger partial charge in [0.25, 0.3) is 0 Å². The molecular formula is C15H20F3N7O. The average Bonchev–Trinajstić information content (AvgIpc) is 3.23. The van der Waals surface area contributed by atoms with Crippen molar-refractivity contribution < 1.29 is 18.0 Å². The first-order valence-corrected chi connectivity index (χ1v) is 8.38. The number of rotatable bonds is 5. The van der Waals surface area contributed by atoms with Gasteiger partial charge in [-0.2, -0.15) is 18.3 Å². The second kappa shape index (κ2) is 7.42. The zero-order valence-corrected chi connectivity index (χ0v) is 14.4. The highest BCUT2D eigenvalue weighted by molar-refractivity contribution is 5.76. The Bertz CT molecular complexity index is 733. The first-order chi connectivity index (χ1) is 12.3. The van der Waals surface area contributed by atoms with Crippen LogP contribution in [0.2, 0.25) is 0 Å². The summed E-state index contributed by atoms with van der Waals surface area (Å²) in [5.41, 5.74) is 0. The van der Waals surface area contributed by atoms with Gasteiger partial charge in [-0.15, -0.1) is 10.2 Å². The Morgan fingerprint density at radius 3 is 2.62 bits per heavy atom. The Morgan fingerprint density at radius 1 is 1.27 bits per heavy atom. The second-order valence-corrected chi connectivity index (χ2v) is 6.40. The lowest BCUT2D eigenvalue weighted by molar-refractivity contribution is -0.149. The van der Waals surface area contributed by atoms with Crippen LogP contribution in [0.4, 0.5) is 13.2 Å². The second-order valence-electron chi connectivity index (χ2n) is 6.40. The van der Waals surface area contributed by atoms with Crippen molar-refractivity contribution in [1.29, 1.82) is 0 Å². The monoisotopic (exact) mass is 371 g/mol. The van der Waals surface area contributed by atoms with Gasteiger partial charge in [0.05, 0.1) is 6.42 Å². The van der Waals surface area contributed by atoms with E-state index in [1.807, 2.05) is 11.6 Å².